The van der Waals surface area contributed by atoms with E-state index in [1.807, 2.05) is 0 Å². The highest BCUT2D eigenvalue weighted by atomic mass is 16.5. The molecular weight excluding hydrogens is 224 g/mol. The maximum absolute atomic E-state index is 12.1. The molecule has 2 nitrogen and oxygen atoms in total. The summed E-state index contributed by atoms with van der Waals surface area (Å²) in [6, 6.07) is 0. The number of rotatable bonds is 8. The van der Waals surface area contributed by atoms with E-state index < -0.39 is 0 Å². The topological polar surface area (TPSA) is 26.3 Å². The van der Waals surface area contributed by atoms with E-state index in [0.717, 1.165) is 25.7 Å². The monoisotopic (exact) mass is 254 g/mol. The fourth-order valence-corrected chi connectivity index (χ4v) is 2.75. The van der Waals surface area contributed by atoms with Crippen molar-refractivity contribution in [1.29, 1.82) is 0 Å². The van der Waals surface area contributed by atoms with Gasteiger partial charge in [-0.2, -0.15) is 0 Å². The van der Waals surface area contributed by atoms with Gasteiger partial charge in [0.1, 0.15) is 6.10 Å². The number of hydrogen-bond donors (Lipinski definition) is 0. The predicted molar refractivity (Wildman–Crippen MR) is 75.5 cm³/mol. The smallest absolute Gasteiger partial charge is 0.309 e. The average molecular weight is 254 g/mol. The first-order valence-corrected chi connectivity index (χ1v) is 7.98. The van der Waals surface area contributed by atoms with Crippen molar-refractivity contribution in [2.24, 2.45) is 5.92 Å². The van der Waals surface area contributed by atoms with Crippen LogP contribution in [0.5, 0.6) is 0 Å². The van der Waals surface area contributed by atoms with Gasteiger partial charge >= 0.3 is 5.97 Å². The molecular formula is C16H30O2. The van der Waals surface area contributed by atoms with Gasteiger partial charge in [-0.1, -0.05) is 46.0 Å². The zero-order valence-corrected chi connectivity index (χ0v) is 12.2. The summed E-state index contributed by atoms with van der Waals surface area (Å²) in [6.45, 7) is 4.32. The van der Waals surface area contributed by atoms with Gasteiger partial charge in [-0.3, -0.25) is 4.79 Å². The lowest BCUT2D eigenvalue weighted by Gasteiger charge is -2.24. The van der Waals surface area contributed by atoms with Crippen molar-refractivity contribution in [3.8, 4) is 0 Å². The SMILES string of the molecule is CCCCCCC(CC)C(=O)OC1CCCCC1. The highest BCUT2D eigenvalue weighted by molar-refractivity contribution is 5.72. The number of hydrogen-bond acceptors (Lipinski definition) is 2. The highest BCUT2D eigenvalue weighted by Crippen LogP contribution is 2.23. The quantitative estimate of drug-likeness (QED) is 0.457. The summed E-state index contributed by atoms with van der Waals surface area (Å²) in [5.41, 5.74) is 0. The van der Waals surface area contributed by atoms with Gasteiger partial charge < -0.3 is 4.74 Å². The Bertz CT molecular complexity index is 219. The fraction of sp³-hybridized carbons (Fsp3) is 0.938. The first-order chi connectivity index (χ1) is 8.77. The molecule has 0 spiro atoms. The molecule has 1 unspecified atom stereocenters. The minimum absolute atomic E-state index is 0.0703. The molecule has 0 heterocycles. The minimum Gasteiger partial charge on any atom is -0.462 e. The lowest BCUT2D eigenvalue weighted by Crippen LogP contribution is -2.25. The van der Waals surface area contributed by atoms with Crippen LogP contribution < -0.4 is 0 Å². The molecule has 0 aliphatic heterocycles. The molecule has 1 aliphatic carbocycles. The van der Waals surface area contributed by atoms with Crippen LogP contribution in [0, 0.1) is 5.92 Å². The summed E-state index contributed by atoms with van der Waals surface area (Å²) in [6.07, 6.45) is 13.1. The van der Waals surface area contributed by atoms with Crippen LogP contribution in [0.2, 0.25) is 0 Å². The molecule has 18 heavy (non-hydrogen) atoms. The molecule has 0 aromatic carbocycles. The Morgan fingerprint density at radius 3 is 2.44 bits per heavy atom. The van der Waals surface area contributed by atoms with Crippen molar-refractivity contribution < 1.29 is 9.53 Å². The summed E-state index contributed by atoms with van der Waals surface area (Å²) < 4.78 is 5.66. The van der Waals surface area contributed by atoms with Crippen molar-refractivity contribution in [2.45, 2.75) is 90.6 Å². The predicted octanol–water partition coefficient (Wildman–Crippen LogP) is 4.86. The molecule has 1 aliphatic rings. The number of carbonyl (C=O) groups excluding carboxylic acids is 1. The van der Waals surface area contributed by atoms with Gasteiger partial charge in [0.05, 0.1) is 5.92 Å². The van der Waals surface area contributed by atoms with Gasteiger partial charge in [0.2, 0.25) is 0 Å². The molecule has 1 atom stereocenters. The van der Waals surface area contributed by atoms with Crippen LogP contribution in [-0.2, 0) is 9.53 Å². The van der Waals surface area contributed by atoms with Gasteiger partial charge in [0.25, 0.3) is 0 Å². The number of esters is 1. The molecule has 0 aromatic heterocycles. The minimum atomic E-state index is 0.0703. The summed E-state index contributed by atoms with van der Waals surface area (Å²) in [7, 11) is 0. The third-order valence-corrected chi connectivity index (χ3v) is 4.07. The molecule has 2 heteroatoms. The fourth-order valence-electron chi connectivity index (χ4n) is 2.75. The molecule has 0 radical (unpaired) electrons. The normalized spacial score (nSPS) is 18.6. The molecule has 0 bridgehead atoms. The Morgan fingerprint density at radius 1 is 1.11 bits per heavy atom. The van der Waals surface area contributed by atoms with E-state index in [1.54, 1.807) is 0 Å². The van der Waals surface area contributed by atoms with E-state index >= 15 is 0 Å². The third-order valence-electron chi connectivity index (χ3n) is 4.07. The van der Waals surface area contributed by atoms with E-state index in [9.17, 15) is 4.79 Å². The van der Waals surface area contributed by atoms with Crippen LogP contribution in [0.25, 0.3) is 0 Å². The molecule has 0 N–H and O–H groups in total. The molecule has 0 saturated heterocycles. The van der Waals surface area contributed by atoms with Gasteiger partial charge in [-0.05, 0) is 38.5 Å². The van der Waals surface area contributed by atoms with E-state index in [-0.39, 0.29) is 18.0 Å². The highest BCUT2D eigenvalue weighted by Gasteiger charge is 2.23. The van der Waals surface area contributed by atoms with Crippen LogP contribution in [0.3, 0.4) is 0 Å². The van der Waals surface area contributed by atoms with Gasteiger partial charge in [0, 0.05) is 0 Å². The third kappa shape index (κ3) is 5.88. The second kappa shape index (κ2) is 9.41. The summed E-state index contributed by atoms with van der Waals surface area (Å²) in [4.78, 5) is 12.1. The Kier molecular flexibility index (Phi) is 8.11. The number of carbonyl (C=O) groups is 1. The Morgan fingerprint density at radius 2 is 1.83 bits per heavy atom. The maximum Gasteiger partial charge on any atom is 0.309 e. The molecule has 0 amide bonds. The lowest BCUT2D eigenvalue weighted by molar-refractivity contribution is -0.156. The second-order valence-corrected chi connectivity index (χ2v) is 5.65. The van der Waals surface area contributed by atoms with E-state index in [2.05, 4.69) is 13.8 Å². The Labute approximate surface area is 112 Å². The molecule has 106 valence electrons. The first-order valence-electron chi connectivity index (χ1n) is 7.98. The van der Waals surface area contributed by atoms with Crippen molar-refractivity contribution in [3.63, 3.8) is 0 Å². The van der Waals surface area contributed by atoms with Crippen molar-refractivity contribution in [1.82, 2.24) is 0 Å². The van der Waals surface area contributed by atoms with E-state index in [1.165, 1.54) is 44.9 Å². The standard InChI is InChI=1S/C16H30O2/c1-3-5-6-8-11-14(4-2)16(17)18-15-12-9-7-10-13-15/h14-15H,3-13H2,1-2H3. The average Bonchev–Trinajstić information content (AvgIpc) is 2.40. The van der Waals surface area contributed by atoms with E-state index in [4.69, 9.17) is 4.74 Å². The summed E-state index contributed by atoms with van der Waals surface area (Å²) in [5.74, 6) is 0.213. The Balaban J connectivity index is 2.22. The van der Waals surface area contributed by atoms with Gasteiger partial charge in [-0.25, -0.2) is 0 Å². The molecule has 1 saturated carbocycles. The second-order valence-electron chi connectivity index (χ2n) is 5.65. The van der Waals surface area contributed by atoms with Crippen LogP contribution in [0.1, 0.15) is 84.5 Å². The van der Waals surface area contributed by atoms with Crippen LogP contribution in [0.4, 0.5) is 0 Å². The van der Waals surface area contributed by atoms with Crippen LogP contribution in [-0.4, -0.2) is 12.1 Å². The summed E-state index contributed by atoms with van der Waals surface area (Å²) in [5, 5.41) is 0. The van der Waals surface area contributed by atoms with Crippen molar-refractivity contribution >= 4 is 5.97 Å². The van der Waals surface area contributed by atoms with Gasteiger partial charge in [-0.15, -0.1) is 0 Å². The molecule has 1 fully saturated rings. The van der Waals surface area contributed by atoms with Crippen molar-refractivity contribution in [3.05, 3.63) is 0 Å². The lowest BCUT2D eigenvalue weighted by atomic mass is 9.96. The van der Waals surface area contributed by atoms with Crippen molar-refractivity contribution in [2.75, 3.05) is 0 Å². The molecule has 0 aromatic rings. The van der Waals surface area contributed by atoms with Crippen LogP contribution >= 0.6 is 0 Å². The number of unbranched alkanes of at least 4 members (excludes halogenated alkanes) is 3. The number of ether oxygens (including phenoxy) is 1. The molecule has 1 rings (SSSR count). The largest absolute Gasteiger partial charge is 0.462 e. The zero-order valence-electron chi connectivity index (χ0n) is 12.2. The Hall–Kier alpha value is -0.530. The van der Waals surface area contributed by atoms with Crippen LogP contribution in [0.15, 0.2) is 0 Å². The van der Waals surface area contributed by atoms with Gasteiger partial charge in [0.15, 0.2) is 0 Å². The first kappa shape index (κ1) is 15.5. The van der Waals surface area contributed by atoms with E-state index in [0.29, 0.717) is 0 Å². The zero-order chi connectivity index (χ0) is 13.2. The maximum atomic E-state index is 12.1. The summed E-state index contributed by atoms with van der Waals surface area (Å²) >= 11 is 0.